The minimum absolute atomic E-state index is 0.0393. The van der Waals surface area contributed by atoms with E-state index in [9.17, 15) is 9.59 Å². The van der Waals surface area contributed by atoms with E-state index in [1.807, 2.05) is 0 Å². The van der Waals surface area contributed by atoms with Crippen molar-refractivity contribution in [2.24, 2.45) is 0 Å². The Morgan fingerprint density at radius 1 is 1.40 bits per heavy atom. The molecule has 0 aliphatic rings. The van der Waals surface area contributed by atoms with Crippen molar-refractivity contribution in [2.75, 3.05) is 5.32 Å². The van der Waals surface area contributed by atoms with E-state index in [1.165, 1.54) is 12.3 Å². The normalized spacial score (nSPS) is 10.1. The number of aromatic nitrogens is 3. The van der Waals surface area contributed by atoms with Crippen LogP contribution in [0.1, 0.15) is 21.9 Å². The lowest BCUT2D eigenvalue weighted by Gasteiger charge is -2.05. The van der Waals surface area contributed by atoms with Crippen LogP contribution in [0.5, 0.6) is 0 Å². The number of nitrogens with one attached hydrogen (secondary N) is 2. The third kappa shape index (κ3) is 3.72. The minimum atomic E-state index is -1.09. The smallest absolute Gasteiger partial charge is 0.354 e. The summed E-state index contributed by atoms with van der Waals surface area (Å²) in [5, 5.41) is 14.3. The predicted molar refractivity (Wildman–Crippen MR) is 71.7 cm³/mol. The highest BCUT2D eigenvalue weighted by atomic mass is 32.1. The van der Waals surface area contributed by atoms with Gasteiger partial charge in [0.15, 0.2) is 0 Å². The van der Waals surface area contributed by atoms with Crippen LogP contribution in [-0.4, -0.2) is 31.4 Å². The summed E-state index contributed by atoms with van der Waals surface area (Å²) in [6, 6.07) is 2.56. The molecule has 9 heteroatoms. The van der Waals surface area contributed by atoms with E-state index in [0.717, 1.165) is 11.5 Å². The van der Waals surface area contributed by atoms with E-state index < -0.39 is 12.0 Å². The number of rotatable bonds is 4. The maximum absolute atomic E-state index is 11.6. The van der Waals surface area contributed by atoms with Crippen LogP contribution in [0, 0.1) is 6.92 Å². The van der Waals surface area contributed by atoms with Gasteiger partial charge in [-0.2, -0.15) is 4.37 Å². The lowest BCUT2D eigenvalue weighted by molar-refractivity contribution is 0.0690. The maximum Gasteiger partial charge on any atom is 0.354 e. The summed E-state index contributed by atoms with van der Waals surface area (Å²) >= 11 is 1.09. The number of aryl methyl sites for hydroxylation is 1. The molecule has 20 heavy (non-hydrogen) atoms. The third-order valence-electron chi connectivity index (χ3n) is 2.24. The van der Waals surface area contributed by atoms with Gasteiger partial charge in [0.2, 0.25) is 5.13 Å². The number of aromatic carboxylic acids is 1. The van der Waals surface area contributed by atoms with Gasteiger partial charge < -0.3 is 10.4 Å². The fraction of sp³-hybridized carbons (Fsp3) is 0.182. The van der Waals surface area contributed by atoms with Gasteiger partial charge >= 0.3 is 12.0 Å². The van der Waals surface area contributed by atoms with Gasteiger partial charge in [-0.25, -0.2) is 19.6 Å². The first-order chi connectivity index (χ1) is 9.54. The summed E-state index contributed by atoms with van der Waals surface area (Å²) in [7, 11) is 0. The molecule has 3 N–H and O–H groups in total. The first-order valence-corrected chi connectivity index (χ1v) is 6.35. The molecule has 0 saturated heterocycles. The number of urea groups is 1. The van der Waals surface area contributed by atoms with Crippen molar-refractivity contribution in [1.29, 1.82) is 0 Å². The Morgan fingerprint density at radius 3 is 2.75 bits per heavy atom. The zero-order chi connectivity index (χ0) is 14.5. The first-order valence-electron chi connectivity index (χ1n) is 5.58. The zero-order valence-electron chi connectivity index (χ0n) is 10.5. The van der Waals surface area contributed by atoms with Gasteiger partial charge in [-0.1, -0.05) is 6.07 Å². The van der Waals surface area contributed by atoms with E-state index in [2.05, 4.69) is 25.0 Å². The Kier molecular flexibility index (Phi) is 4.20. The summed E-state index contributed by atoms with van der Waals surface area (Å²) in [6.07, 6.45) is 1.40. The molecule has 0 bridgehead atoms. The molecule has 0 spiro atoms. The van der Waals surface area contributed by atoms with Crippen LogP contribution in [0.25, 0.3) is 0 Å². The average Bonchev–Trinajstić information content (AvgIpc) is 2.82. The van der Waals surface area contributed by atoms with Crippen LogP contribution in [-0.2, 0) is 6.54 Å². The van der Waals surface area contributed by atoms with Crippen LogP contribution in [0.4, 0.5) is 9.93 Å². The van der Waals surface area contributed by atoms with Crippen molar-refractivity contribution in [3.63, 3.8) is 0 Å². The van der Waals surface area contributed by atoms with Crippen LogP contribution >= 0.6 is 11.5 Å². The average molecular weight is 293 g/mol. The Balaban J connectivity index is 1.85. The number of carboxylic acids is 1. The van der Waals surface area contributed by atoms with Gasteiger partial charge in [0, 0.05) is 24.3 Å². The first kappa shape index (κ1) is 13.9. The standard InChI is InChI=1S/C11H11N5O3S/c1-6-14-11(20-16-6)15-10(19)13-5-7-2-3-8(9(17)18)12-4-7/h2-4H,5H2,1H3,(H,17,18)(H2,13,14,15,16,19). The molecule has 0 aliphatic carbocycles. The molecule has 2 heterocycles. The molecule has 2 amide bonds. The molecule has 2 aromatic rings. The van der Waals surface area contributed by atoms with Gasteiger partial charge in [-0.3, -0.25) is 5.32 Å². The number of anilines is 1. The summed E-state index contributed by atoms with van der Waals surface area (Å²) in [5.41, 5.74) is 0.654. The predicted octanol–water partition coefficient (Wildman–Crippen LogP) is 1.26. The molecule has 104 valence electrons. The fourth-order valence-electron chi connectivity index (χ4n) is 1.33. The number of carbonyl (C=O) groups is 2. The molecule has 0 radical (unpaired) electrons. The number of hydrogen-bond donors (Lipinski definition) is 3. The third-order valence-corrected chi connectivity index (χ3v) is 2.97. The summed E-state index contributed by atoms with van der Waals surface area (Å²) in [5.74, 6) is -0.493. The lowest BCUT2D eigenvalue weighted by atomic mass is 10.2. The van der Waals surface area contributed by atoms with Crippen molar-refractivity contribution in [1.82, 2.24) is 19.7 Å². The van der Waals surface area contributed by atoms with Crippen LogP contribution in [0.2, 0.25) is 0 Å². The molecule has 2 aromatic heterocycles. The largest absolute Gasteiger partial charge is 0.477 e. The van der Waals surface area contributed by atoms with E-state index in [1.54, 1.807) is 13.0 Å². The molecule has 0 unspecified atom stereocenters. The summed E-state index contributed by atoms with van der Waals surface area (Å²) in [6.45, 7) is 1.96. The molecular weight excluding hydrogens is 282 g/mol. The van der Waals surface area contributed by atoms with Crippen molar-refractivity contribution < 1.29 is 14.7 Å². The lowest BCUT2D eigenvalue weighted by Crippen LogP contribution is -2.28. The fourth-order valence-corrected chi connectivity index (χ4v) is 1.90. The van der Waals surface area contributed by atoms with Gasteiger partial charge in [0.25, 0.3) is 0 Å². The number of amides is 2. The highest BCUT2D eigenvalue weighted by Crippen LogP contribution is 2.09. The number of pyridine rings is 1. The molecule has 0 fully saturated rings. The molecule has 0 atom stereocenters. The van der Waals surface area contributed by atoms with Crippen LogP contribution in [0.3, 0.4) is 0 Å². The highest BCUT2D eigenvalue weighted by molar-refractivity contribution is 7.09. The highest BCUT2D eigenvalue weighted by Gasteiger charge is 2.07. The van der Waals surface area contributed by atoms with Gasteiger partial charge in [-0.15, -0.1) is 0 Å². The molecule has 0 saturated carbocycles. The van der Waals surface area contributed by atoms with Crippen LogP contribution in [0.15, 0.2) is 18.3 Å². The number of nitrogens with zero attached hydrogens (tertiary/aromatic N) is 3. The van der Waals surface area contributed by atoms with E-state index >= 15 is 0 Å². The molecule has 2 rings (SSSR count). The Bertz CT molecular complexity index is 625. The molecule has 0 aliphatic heterocycles. The van der Waals surface area contributed by atoms with Gasteiger partial charge in [0.05, 0.1) is 0 Å². The van der Waals surface area contributed by atoms with Crippen molar-refractivity contribution >= 4 is 28.7 Å². The van der Waals surface area contributed by atoms with E-state index in [0.29, 0.717) is 16.5 Å². The second-order valence-corrected chi connectivity index (χ2v) is 4.56. The van der Waals surface area contributed by atoms with E-state index in [4.69, 9.17) is 5.11 Å². The van der Waals surface area contributed by atoms with Gasteiger partial charge in [-0.05, 0) is 18.6 Å². The topological polar surface area (TPSA) is 117 Å². The number of carboxylic acid groups (broad SMARTS) is 1. The number of carbonyl (C=O) groups excluding carboxylic acids is 1. The minimum Gasteiger partial charge on any atom is -0.477 e. The monoisotopic (exact) mass is 293 g/mol. The second kappa shape index (κ2) is 6.06. The summed E-state index contributed by atoms with van der Waals surface area (Å²) in [4.78, 5) is 29.9. The number of hydrogen-bond acceptors (Lipinski definition) is 6. The molecule has 0 aromatic carbocycles. The van der Waals surface area contributed by atoms with Crippen molar-refractivity contribution in [3.8, 4) is 0 Å². The molecular formula is C11H11N5O3S. The summed E-state index contributed by atoms with van der Waals surface area (Å²) < 4.78 is 3.94. The Hall–Kier alpha value is -2.55. The van der Waals surface area contributed by atoms with Crippen molar-refractivity contribution in [2.45, 2.75) is 13.5 Å². The van der Waals surface area contributed by atoms with Crippen LogP contribution < -0.4 is 10.6 Å². The molecule has 8 nitrogen and oxygen atoms in total. The second-order valence-electron chi connectivity index (χ2n) is 3.81. The van der Waals surface area contributed by atoms with Gasteiger partial charge in [0.1, 0.15) is 11.5 Å². The Morgan fingerprint density at radius 2 is 2.20 bits per heavy atom. The Labute approximate surface area is 118 Å². The van der Waals surface area contributed by atoms with Crippen molar-refractivity contribution in [3.05, 3.63) is 35.4 Å². The van der Waals surface area contributed by atoms with E-state index in [-0.39, 0.29) is 12.2 Å². The SMILES string of the molecule is Cc1nsc(NC(=O)NCc2ccc(C(=O)O)nc2)n1. The quantitative estimate of drug-likeness (QED) is 0.781. The maximum atomic E-state index is 11.6. The zero-order valence-corrected chi connectivity index (χ0v) is 11.3.